The molecule has 0 spiro atoms. The van der Waals surface area contributed by atoms with Gasteiger partial charge in [-0.2, -0.15) is 22.0 Å². The van der Waals surface area contributed by atoms with Crippen LogP contribution in [0.25, 0.3) is 11.0 Å². The maximum atomic E-state index is 13.6. The molecule has 2 heterocycles. The predicted octanol–water partition coefficient (Wildman–Crippen LogP) is 3.79. The minimum atomic E-state index is -0.906. The number of carbonyl (C=O) groups excluding carboxylic acids is 1. The second kappa shape index (κ2) is 12.1. The van der Waals surface area contributed by atoms with E-state index in [1.54, 1.807) is 30.0 Å². The van der Waals surface area contributed by atoms with E-state index in [2.05, 4.69) is 33.5 Å². The Morgan fingerprint density at radius 1 is 1.19 bits per heavy atom. The predicted molar refractivity (Wildman–Crippen MR) is 143 cm³/mol. The lowest BCUT2D eigenvalue weighted by Gasteiger charge is -2.38. The second-order valence-electron chi connectivity index (χ2n) is 9.05. The number of rotatable bonds is 10. The fourth-order valence-electron chi connectivity index (χ4n) is 4.41. The Bertz CT molecular complexity index is 1270. The minimum Gasteiger partial charge on any atom is -0.408 e. The number of amides is 1. The lowest BCUT2D eigenvalue weighted by atomic mass is 9.88. The van der Waals surface area contributed by atoms with E-state index in [0.717, 1.165) is 37.4 Å². The van der Waals surface area contributed by atoms with Crippen molar-refractivity contribution in [2.24, 2.45) is 0 Å². The van der Waals surface area contributed by atoms with Crippen molar-refractivity contribution in [3.05, 3.63) is 70.7 Å². The number of nitrogens with zero attached hydrogens (tertiary/aromatic N) is 3. The molecule has 36 heavy (non-hydrogen) atoms. The number of aromatic nitrogens is 1. The summed E-state index contributed by atoms with van der Waals surface area (Å²) < 4.78 is 5.21. The van der Waals surface area contributed by atoms with Crippen LogP contribution in [0.2, 0.25) is 0 Å². The Labute approximate surface area is 215 Å². The van der Waals surface area contributed by atoms with E-state index in [4.69, 9.17) is 4.42 Å². The van der Waals surface area contributed by atoms with Crippen molar-refractivity contribution < 1.29 is 9.21 Å². The van der Waals surface area contributed by atoms with Gasteiger partial charge in [0.05, 0.1) is 11.5 Å². The van der Waals surface area contributed by atoms with E-state index >= 15 is 0 Å². The zero-order valence-electron chi connectivity index (χ0n) is 20.4. The first kappa shape index (κ1) is 25.7. The lowest BCUT2D eigenvalue weighted by molar-refractivity contribution is -0.123. The molecule has 1 aliphatic heterocycles. The van der Waals surface area contributed by atoms with E-state index in [1.165, 1.54) is 0 Å². The van der Waals surface area contributed by atoms with Gasteiger partial charge in [-0.05, 0) is 43.5 Å². The van der Waals surface area contributed by atoms with Crippen molar-refractivity contribution in [3.63, 3.8) is 0 Å². The summed E-state index contributed by atoms with van der Waals surface area (Å²) in [5.74, 6) is 0.447. The molecule has 1 fully saturated rings. The van der Waals surface area contributed by atoms with Gasteiger partial charge in [0.25, 0.3) is 0 Å². The number of nitriles is 1. The molecule has 1 aromatic heterocycles. The largest absolute Gasteiger partial charge is 0.441 e. The number of piperidine rings is 1. The van der Waals surface area contributed by atoms with Crippen molar-refractivity contribution in [2.75, 3.05) is 30.7 Å². The highest BCUT2D eigenvalue weighted by Crippen LogP contribution is 2.24. The number of anilines is 1. The molecule has 2 N–H and O–H groups in total. The summed E-state index contributed by atoms with van der Waals surface area (Å²) in [4.78, 5) is 32.0. The molecule has 188 valence electrons. The van der Waals surface area contributed by atoms with E-state index in [0.29, 0.717) is 35.4 Å². The van der Waals surface area contributed by atoms with Crippen LogP contribution >= 0.6 is 11.8 Å². The van der Waals surface area contributed by atoms with Crippen molar-refractivity contribution >= 4 is 34.5 Å². The average Bonchev–Trinajstić information content (AvgIpc) is 2.90. The molecule has 0 aliphatic carbocycles. The van der Waals surface area contributed by atoms with Gasteiger partial charge >= 0.3 is 5.76 Å². The molecule has 1 saturated heterocycles. The third kappa shape index (κ3) is 6.45. The Hall–Kier alpha value is -3.35. The van der Waals surface area contributed by atoms with Crippen LogP contribution in [-0.2, 0) is 10.5 Å². The zero-order chi connectivity index (χ0) is 25.4. The molecule has 0 radical (unpaired) electrons. The van der Waals surface area contributed by atoms with Crippen molar-refractivity contribution in [1.82, 2.24) is 15.2 Å². The monoisotopic (exact) mass is 505 g/mol. The highest BCUT2D eigenvalue weighted by atomic mass is 32.2. The quantitative estimate of drug-likeness (QED) is 0.428. The van der Waals surface area contributed by atoms with E-state index in [9.17, 15) is 14.9 Å². The first-order valence-corrected chi connectivity index (χ1v) is 13.4. The average molecular weight is 506 g/mol. The summed E-state index contributed by atoms with van der Waals surface area (Å²) in [7, 11) is 0. The maximum Gasteiger partial charge on any atom is 0.441 e. The van der Waals surface area contributed by atoms with Crippen LogP contribution < -0.4 is 16.4 Å². The fourth-order valence-corrected chi connectivity index (χ4v) is 5.43. The molecule has 1 aliphatic rings. The molecule has 2 aromatic carbocycles. The zero-order valence-corrected chi connectivity index (χ0v) is 21.2. The van der Waals surface area contributed by atoms with Gasteiger partial charge in [-0.3, -0.25) is 4.79 Å². The fraction of sp³-hybridized carbons (Fsp3) is 0.407. The highest BCUT2D eigenvalue weighted by Gasteiger charge is 2.37. The van der Waals surface area contributed by atoms with Crippen LogP contribution in [0.4, 0.5) is 5.82 Å². The summed E-state index contributed by atoms with van der Waals surface area (Å²) in [6.45, 7) is 4.67. The van der Waals surface area contributed by atoms with Crippen LogP contribution in [-0.4, -0.2) is 52.8 Å². The maximum absolute atomic E-state index is 13.6. The standard InChI is InChI=1S/C27H31N5O3S/c1-2-14-32-15-12-27(19-28,13-16-32)31-25(33)22(18-36-17-20-8-4-3-5-9-20)29-24-21-10-6-7-11-23(21)35-26(34)30-24/h3-11,22H,2,12-18H2,1H3,(H,31,33)(H,29,30,34). The molecule has 8 nitrogen and oxygen atoms in total. The third-order valence-corrected chi connectivity index (χ3v) is 7.50. The van der Waals surface area contributed by atoms with Gasteiger partial charge in [-0.1, -0.05) is 49.4 Å². The Morgan fingerprint density at radius 3 is 2.64 bits per heavy atom. The SMILES string of the molecule is CCCN1CCC(C#N)(NC(=O)C(CSCc2ccccc2)Nc2nc(=O)oc3ccccc23)CC1. The van der Waals surface area contributed by atoms with Gasteiger partial charge in [0.2, 0.25) is 5.91 Å². The van der Waals surface area contributed by atoms with E-state index in [1.807, 2.05) is 36.4 Å². The first-order valence-electron chi connectivity index (χ1n) is 12.3. The number of hydrogen-bond acceptors (Lipinski definition) is 8. The van der Waals surface area contributed by atoms with E-state index in [-0.39, 0.29) is 5.91 Å². The number of benzene rings is 2. The van der Waals surface area contributed by atoms with Crippen molar-refractivity contribution in [2.45, 2.75) is 43.5 Å². The molecule has 3 aromatic rings. The van der Waals surface area contributed by atoms with E-state index < -0.39 is 17.3 Å². The Morgan fingerprint density at radius 2 is 1.92 bits per heavy atom. The molecule has 9 heteroatoms. The summed E-state index contributed by atoms with van der Waals surface area (Å²) in [5.41, 5.74) is 0.645. The first-order chi connectivity index (χ1) is 17.5. The van der Waals surface area contributed by atoms with Crippen molar-refractivity contribution in [1.29, 1.82) is 5.26 Å². The molecule has 0 bridgehead atoms. The number of nitrogens with one attached hydrogen (secondary N) is 2. The lowest BCUT2D eigenvalue weighted by Crippen LogP contribution is -2.57. The van der Waals surface area contributed by atoms with Gasteiger partial charge in [0, 0.05) is 24.6 Å². The van der Waals surface area contributed by atoms with Crippen LogP contribution in [0.3, 0.4) is 0 Å². The van der Waals surface area contributed by atoms with Gasteiger partial charge < -0.3 is 20.0 Å². The normalized spacial score (nSPS) is 16.2. The number of para-hydroxylation sites is 1. The van der Waals surface area contributed by atoms with Gasteiger partial charge in [0.15, 0.2) is 0 Å². The number of hydrogen-bond donors (Lipinski definition) is 2. The van der Waals surface area contributed by atoms with Crippen LogP contribution in [0, 0.1) is 11.3 Å². The number of fused-ring (bicyclic) bond motifs is 1. The molecule has 4 rings (SSSR count). The van der Waals surface area contributed by atoms with Gasteiger partial charge in [0.1, 0.15) is 23.0 Å². The van der Waals surface area contributed by atoms with Crippen LogP contribution in [0.1, 0.15) is 31.7 Å². The second-order valence-corrected chi connectivity index (χ2v) is 10.1. The summed E-state index contributed by atoms with van der Waals surface area (Å²) in [6, 6.07) is 18.8. The molecular weight excluding hydrogens is 474 g/mol. The molecule has 1 atom stereocenters. The van der Waals surface area contributed by atoms with Gasteiger partial charge in [-0.25, -0.2) is 4.79 Å². The van der Waals surface area contributed by atoms with Crippen molar-refractivity contribution in [3.8, 4) is 6.07 Å². The minimum absolute atomic E-state index is 0.278. The third-order valence-electron chi connectivity index (χ3n) is 6.39. The number of carbonyl (C=O) groups is 1. The van der Waals surface area contributed by atoms with Gasteiger partial charge in [-0.15, -0.1) is 0 Å². The highest BCUT2D eigenvalue weighted by molar-refractivity contribution is 7.98. The smallest absolute Gasteiger partial charge is 0.408 e. The van der Waals surface area contributed by atoms with Crippen LogP contribution in [0.5, 0.6) is 0 Å². The number of likely N-dealkylation sites (tertiary alicyclic amines) is 1. The summed E-state index contributed by atoms with van der Waals surface area (Å²) in [6.07, 6.45) is 2.22. The topological polar surface area (TPSA) is 111 Å². The molecule has 1 amide bonds. The Kier molecular flexibility index (Phi) is 8.62. The molecule has 1 unspecified atom stereocenters. The molecular formula is C27H31N5O3S. The van der Waals surface area contributed by atoms with Crippen LogP contribution in [0.15, 0.2) is 63.8 Å². The Balaban J connectivity index is 1.53. The molecule has 0 saturated carbocycles. The number of thioether (sulfide) groups is 1. The summed E-state index contributed by atoms with van der Waals surface area (Å²) >= 11 is 1.60. The summed E-state index contributed by atoms with van der Waals surface area (Å²) in [5, 5.41) is 16.9.